The van der Waals surface area contributed by atoms with Crippen molar-refractivity contribution in [2.45, 2.75) is 24.0 Å². The van der Waals surface area contributed by atoms with E-state index in [1.807, 2.05) is 36.0 Å². The summed E-state index contributed by atoms with van der Waals surface area (Å²) < 4.78 is 0.311. The molecule has 1 amide bonds. The number of thiocarbonyl (C=S) groups is 1. The Morgan fingerprint density at radius 2 is 2.05 bits per heavy atom. The average molecular weight is 294 g/mol. The lowest BCUT2D eigenvalue weighted by Gasteiger charge is -2.13. The maximum Gasteiger partial charge on any atom is 0.224 e. The lowest BCUT2D eigenvalue weighted by molar-refractivity contribution is -0.120. The van der Waals surface area contributed by atoms with Crippen molar-refractivity contribution in [3.63, 3.8) is 0 Å². The van der Waals surface area contributed by atoms with Gasteiger partial charge >= 0.3 is 0 Å². The maximum atomic E-state index is 11.9. The molecule has 102 valence electrons. The van der Waals surface area contributed by atoms with Gasteiger partial charge in [0.05, 0.1) is 6.42 Å². The van der Waals surface area contributed by atoms with Crippen LogP contribution in [0.1, 0.15) is 24.0 Å². The highest BCUT2D eigenvalue weighted by atomic mass is 32.2. The molecular weight excluding hydrogens is 276 g/mol. The van der Waals surface area contributed by atoms with Gasteiger partial charge in [-0.2, -0.15) is 11.8 Å². The third kappa shape index (κ3) is 3.94. The van der Waals surface area contributed by atoms with Crippen molar-refractivity contribution in [1.82, 2.24) is 5.32 Å². The van der Waals surface area contributed by atoms with E-state index in [-0.39, 0.29) is 5.91 Å². The van der Waals surface area contributed by atoms with Crippen LogP contribution < -0.4 is 11.1 Å². The van der Waals surface area contributed by atoms with Gasteiger partial charge in [-0.15, -0.1) is 0 Å². The third-order valence-electron chi connectivity index (χ3n) is 3.45. The molecule has 0 atom stereocenters. The second kappa shape index (κ2) is 5.92. The summed E-state index contributed by atoms with van der Waals surface area (Å²) >= 11 is 6.74. The monoisotopic (exact) mass is 294 g/mol. The van der Waals surface area contributed by atoms with Gasteiger partial charge in [0.1, 0.15) is 4.99 Å². The summed E-state index contributed by atoms with van der Waals surface area (Å²) in [6, 6.07) is 7.51. The molecular formula is C14H18N2OS2. The number of thioether (sulfide) groups is 1. The Hall–Kier alpha value is -1.07. The van der Waals surface area contributed by atoms with Gasteiger partial charge in [-0.05, 0) is 24.7 Å². The Labute approximate surface area is 123 Å². The highest BCUT2D eigenvalue weighted by Crippen LogP contribution is 2.46. The number of benzene rings is 1. The number of carbonyl (C=O) groups is 1. The van der Waals surface area contributed by atoms with Gasteiger partial charge in [-0.25, -0.2) is 0 Å². The molecule has 3 nitrogen and oxygen atoms in total. The van der Waals surface area contributed by atoms with Crippen molar-refractivity contribution in [2.24, 2.45) is 5.73 Å². The first-order valence-corrected chi connectivity index (χ1v) is 7.88. The zero-order valence-corrected chi connectivity index (χ0v) is 12.6. The molecule has 0 radical (unpaired) electrons. The normalized spacial score (nSPS) is 15.8. The predicted octanol–water partition coefficient (Wildman–Crippen LogP) is 1.88. The van der Waals surface area contributed by atoms with Crippen molar-refractivity contribution in [3.8, 4) is 0 Å². The molecule has 1 aromatic rings. The predicted molar refractivity (Wildman–Crippen MR) is 84.5 cm³/mol. The van der Waals surface area contributed by atoms with Crippen LogP contribution in [0.25, 0.3) is 0 Å². The molecule has 0 aromatic heterocycles. The van der Waals surface area contributed by atoms with Crippen LogP contribution in [-0.4, -0.2) is 28.4 Å². The van der Waals surface area contributed by atoms with Gasteiger partial charge in [-0.1, -0.05) is 36.5 Å². The van der Waals surface area contributed by atoms with E-state index in [0.717, 1.165) is 17.7 Å². The molecule has 5 heteroatoms. The molecule has 0 heterocycles. The van der Waals surface area contributed by atoms with Crippen LogP contribution in [0, 0.1) is 0 Å². The Morgan fingerprint density at radius 3 is 2.53 bits per heavy atom. The van der Waals surface area contributed by atoms with E-state index in [2.05, 4.69) is 11.6 Å². The molecule has 1 aliphatic carbocycles. The topological polar surface area (TPSA) is 55.1 Å². The first-order chi connectivity index (χ1) is 9.04. The number of hydrogen-bond acceptors (Lipinski definition) is 3. The summed E-state index contributed by atoms with van der Waals surface area (Å²) in [5.74, 6) is 0.0726. The standard InChI is InChI=1S/C14H18N2OS2/c1-19-14(6-7-14)9-16-12(17)8-10-2-4-11(5-3-10)13(15)18/h2-5H,6-9H2,1H3,(H2,15,18)(H,16,17). The van der Waals surface area contributed by atoms with Gasteiger partial charge in [0.25, 0.3) is 0 Å². The highest BCUT2D eigenvalue weighted by molar-refractivity contribution is 8.00. The lowest BCUT2D eigenvalue weighted by atomic mass is 10.1. The van der Waals surface area contributed by atoms with Crippen molar-refractivity contribution in [1.29, 1.82) is 0 Å². The number of carbonyl (C=O) groups excluding carboxylic acids is 1. The summed E-state index contributed by atoms with van der Waals surface area (Å²) in [6.45, 7) is 0.776. The van der Waals surface area contributed by atoms with Gasteiger partial charge in [-0.3, -0.25) is 4.79 Å². The number of hydrogen-bond donors (Lipinski definition) is 2. The molecule has 0 bridgehead atoms. The molecule has 2 rings (SSSR count). The van der Waals surface area contributed by atoms with Crippen molar-refractivity contribution in [3.05, 3.63) is 35.4 Å². The molecule has 1 aromatic carbocycles. The van der Waals surface area contributed by atoms with E-state index < -0.39 is 0 Å². The number of rotatable bonds is 6. The summed E-state index contributed by atoms with van der Waals surface area (Å²) in [5, 5.41) is 3.01. The van der Waals surface area contributed by atoms with Crippen LogP contribution in [0.3, 0.4) is 0 Å². The maximum absolute atomic E-state index is 11.9. The van der Waals surface area contributed by atoms with E-state index in [9.17, 15) is 4.79 Å². The van der Waals surface area contributed by atoms with Crippen LogP contribution in [0.15, 0.2) is 24.3 Å². The Balaban J connectivity index is 1.83. The van der Waals surface area contributed by atoms with E-state index in [0.29, 0.717) is 16.2 Å². The van der Waals surface area contributed by atoms with Crippen LogP contribution in [0.5, 0.6) is 0 Å². The Morgan fingerprint density at radius 1 is 1.42 bits per heavy atom. The minimum absolute atomic E-state index is 0.0726. The lowest BCUT2D eigenvalue weighted by Crippen LogP contribution is -2.32. The smallest absolute Gasteiger partial charge is 0.224 e. The zero-order valence-electron chi connectivity index (χ0n) is 10.9. The molecule has 0 aliphatic heterocycles. The average Bonchev–Trinajstić information content (AvgIpc) is 3.18. The number of amides is 1. The second-order valence-electron chi connectivity index (χ2n) is 4.90. The summed E-state index contributed by atoms with van der Waals surface area (Å²) in [7, 11) is 0. The Kier molecular flexibility index (Phi) is 4.47. The first-order valence-electron chi connectivity index (χ1n) is 6.25. The van der Waals surface area contributed by atoms with E-state index in [4.69, 9.17) is 18.0 Å². The molecule has 0 saturated heterocycles. The Bertz CT molecular complexity index is 481. The summed E-state index contributed by atoms with van der Waals surface area (Å²) in [6.07, 6.45) is 4.92. The van der Waals surface area contributed by atoms with Crippen molar-refractivity contribution >= 4 is 34.9 Å². The molecule has 1 aliphatic rings. The molecule has 19 heavy (non-hydrogen) atoms. The van der Waals surface area contributed by atoms with E-state index in [1.165, 1.54) is 12.8 Å². The summed E-state index contributed by atoms with van der Waals surface area (Å²) in [5.41, 5.74) is 7.34. The van der Waals surface area contributed by atoms with Crippen LogP contribution in [0.2, 0.25) is 0 Å². The van der Waals surface area contributed by atoms with Gasteiger partial charge in [0, 0.05) is 16.9 Å². The van der Waals surface area contributed by atoms with Crippen LogP contribution in [-0.2, 0) is 11.2 Å². The zero-order chi connectivity index (χ0) is 13.9. The minimum atomic E-state index is 0.0726. The molecule has 1 saturated carbocycles. The molecule has 0 unspecified atom stereocenters. The second-order valence-corrected chi connectivity index (χ2v) is 6.62. The van der Waals surface area contributed by atoms with Crippen molar-refractivity contribution < 1.29 is 4.79 Å². The van der Waals surface area contributed by atoms with Gasteiger partial charge < -0.3 is 11.1 Å². The minimum Gasteiger partial charge on any atom is -0.389 e. The highest BCUT2D eigenvalue weighted by Gasteiger charge is 2.41. The third-order valence-corrected chi connectivity index (χ3v) is 5.11. The van der Waals surface area contributed by atoms with E-state index in [1.54, 1.807) is 0 Å². The fraction of sp³-hybridized carbons (Fsp3) is 0.429. The summed E-state index contributed by atoms with van der Waals surface area (Å²) in [4.78, 5) is 12.2. The fourth-order valence-electron chi connectivity index (χ4n) is 1.89. The quantitative estimate of drug-likeness (QED) is 0.787. The number of nitrogens with two attached hydrogens (primary N) is 1. The van der Waals surface area contributed by atoms with Crippen LogP contribution >= 0.6 is 24.0 Å². The van der Waals surface area contributed by atoms with Gasteiger partial charge in [0.15, 0.2) is 0 Å². The van der Waals surface area contributed by atoms with Gasteiger partial charge in [0.2, 0.25) is 5.91 Å². The molecule has 3 N–H and O–H groups in total. The molecule has 0 spiro atoms. The first kappa shape index (κ1) is 14.3. The SMILES string of the molecule is CSC1(CNC(=O)Cc2ccc(C(N)=S)cc2)CC1. The van der Waals surface area contributed by atoms with Crippen LogP contribution in [0.4, 0.5) is 0 Å². The molecule has 1 fully saturated rings. The van der Waals surface area contributed by atoms with E-state index >= 15 is 0 Å². The number of nitrogens with one attached hydrogen (secondary N) is 1. The largest absolute Gasteiger partial charge is 0.389 e. The van der Waals surface area contributed by atoms with Crippen molar-refractivity contribution in [2.75, 3.05) is 12.8 Å². The fourth-order valence-corrected chi connectivity index (χ4v) is 2.75.